The highest BCUT2D eigenvalue weighted by Gasteiger charge is 2.21. The van der Waals surface area contributed by atoms with Crippen molar-refractivity contribution in [1.29, 1.82) is 0 Å². The minimum atomic E-state index is 0.440. The number of nitrogens with zero attached hydrogens (tertiary/aromatic N) is 5. The molecule has 3 N–H and O–H groups in total. The Labute approximate surface area is 140 Å². The van der Waals surface area contributed by atoms with Crippen LogP contribution in [0, 0.1) is 5.92 Å². The second-order valence-electron chi connectivity index (χ2n) is 6.64. The quantitative estimate of drug-likeness (QED) is 0.682. The molecule has 0 bridgehead atoms. The maximum atomic E-state index is 4.64. The first kappa shape index (κ1) is 14.9. The Hall–Kier alpha value is -2.64. The monoisotopic (exact) mass is 326 g/mol. The summed E-state index contributed by atoms with van der Waals surface area (Å²) in [4.78, 5) is 16.6. The van der Waals surface area contributed by atoms with E-state index in [2.05, 4.69) is 42.6 Å². The molecule has 4 rings (SSSR count). The molecule has 3 aromatic heterocycles. The van der Waals surface area contributed by atoms with Gasteiger partial charge in [0.25, 0.3) is 0 Å². The van der Waals surface area contributed by atoms with Crippen LogP contribution < -0.4 is 10.6 Å². The molecule has 3 aromatic rings. The molecule has 2 unspecified atom stereocenters. The van der Waals surface area contributed by atoms with E-state index in [9.17, 15) is 0 Å². The topological polar surface area (TPSA) is 96.3 Å². The standard InChI is InChI=1S/C16H22N8/c1-10-4-3-5-11(6-10)20-15-13-14(18-9-17-13)22-16(23-15)21-12-7-19-24(2)8-12/h7-11H,3-6H2,1-2H3,(H3,17,18,20,21,22,23). The number of imidazole rings is 1. The molecule has 126 valence electrons. The summed E-state index contributed by atoms with van der Waals surface area (Å²) in [5.41, 5.74) is 2.36. The van der Waals surface area contributed by atoms with Crippen LogP contribution in [0.25, 0.3) is 11.2 Å². The Bertz CT molecular complexity index is 836. The van der Waals surface area contributed by atoms with E-state index in [1.54, 1.807) is 17.2 Å². The lowest BCUT2D eigenvalue weighted by Crippen LogP contribution is -2.26. The molecule has 3 heterocycles. The molecule has 1 saturated carbocycles. The predicted molar refractivity (Wildman–Crippen MR) is 93.2 cm³/mol. The lowest BCUT2D eigenvalue weighted by Gasteiger charge is -2.27. The van der Waals surface area contributed by atoms with Crippen LogP contribution in [-0.2, 0) is 7.05 Å². The molecule has 2 atom stereocenters. The van der Waals surface area contributed by atoms with Crippen LogP contribution in [0.15, 0.2) is 18.7 Å². The maximum Gasteiger partial charge on any atom is 0.231 e. The van der Waals surface area contributed by atoms with E-state index in [1.807, 2.05) is 13.2 Å². The van der Waals surface area contributed by atoms with E-state index in [1.165, 1.54) is 25.7 Å². The first-order valence-electron chi connectivity index (χ1n) is 8.40. The van der Waals surface area contributed by atoms with Gasteiger partial charge in [-0.05, 0) is 18.8 Å². The van der Waals surface area contributed by atoms with E-state index in [-0.39, 0.29) is 0 Å². The number of hydrogen-bond donors (Lipinski definition) is 3. The average molecular weight is 326 g/mol. The second-order valence-corrected chi connectivity index (χ2v) is 6.64. The molecule has 1 aliphatic rings. The van der Waals surface area contributed by atoms with Crippen molar-refractivity contribution < 1.29 is 0 Å². The van der Waals surface area contributed by atoms with Crippen LogP contribution in [0.4, 0.5) is 17.5 Å². The zero-order valence-electron chi connectivity index (χ0n) is 14.0. The molecule has 0 amide bonds. The van der Waals surface area contributed by atoms with Gasteiger partial charge in [0.05, 0.1) is 18.2 Å². The van der Waals surface area contributed by atoms with Gasteiger partial charge in [-0.25, -0.2) is 4.98 Å². The minimum absolute atomic E-state index is 0.440. The molecule has 8 nitrogen and oxygen atoms in total. The van der Waals surface area contributed by atoms with Crippen molar-refractivity contribution in [3.8, 4) is 0 Å². The highest BCUT2D eigenvalue weighted by Crippen LogP contribution is 2.28. The van der Waals surface area contributed by atoms with Crippen LogP contribution in [0.2, 0.25) is 0 Å². The number of H-pyrrole nitrogens is 1. The lowest BCUT2D eigenvalue weighted by molar-refractivity contribution is 0.358. The molecule has 0 aliphatic heterocycles. The first-order valence-corrected chi connectivity index (χ1v) is 8.40. The average Bonchev–Trinajstić information content (AvgIpc) is 3.16. The Balaban J connectivity index is 1.62. The molecule has 0 spiro atoms. The molecular weight excluding hydrogens is 304 g/mol. The predicted octanol–water partition coefficient (Wildman–Crippen LogP) is 2.82. The largest absolute Gasteiger partial charge is 0.365 e. The van der Waals surface area contributed by atoms with Crippen LogP contribution in [0.5, 0.6) is 0 Å². The summed E-state index contributed by atoms with van der Waals surface area (Å²) < 4.78 is 1.74. The van der Waals surface area contributed by atoms with Crippen LogP contribution >= 0.6 is 0 Å². The van der Waals surface area contributed by atoms with Crippen LogP contribution in [0.1, 0.15) is 32.6 Å². The van der Waals surface area contributed by atoms with Gasteiger partial charge in [-0.2, -0.15) is 15.1 Å². The summed E-state index contributed by atoms with van der Waals surface area (Å²) in [6, 6.07) is 0.440. The van der Waals surface area contributed by atoms with Crippen molar-refractivity contribution in [2.24, 2.45) is 13.0 Å². The molecule has 24 heavy (non-hydrogen) atoms. The van der Waals surface area contributed by atoms with Gasteiger partial charge in [-0.3, -0.25) is 4.68 Å². The fourth-order valence-electron chi connectivity index (χ4n) is 3.37. The van der Waals surface area contributed by atoms with Crippen molar-refractivity contribution >= 4 is 28.6 Å². The summed E-state index contributed by atoms with van der Waals surface area (Å²) in [5, 5.41) is 10.9. The number of aromatic nitrogens is 6. The Morgan fingerprint density at radius 2 is 2.21 bits per heavy atom. The summed E-state index contributed by atoms with van der Waals surface area (Å²) in [6.07, 6.45) is 10.2. The molecule has 8 heteroatoms. The smallest absolute Gasteiger partial charge is 0.231 e. The zero-order valence-corrected chi connectivity index (χ0v) is 14.0. The van der Waals surface area contributed by atoms with Crippen LogP contribution in [0.3, 0.4) is 0 Å². The number of nitrogens with one attached hydrogen (secondary N) is 3. The Morgan fingerprint density at radius 3 is 3.00 bits per heavy atom. The molecule has 0 aromatic carbocycles. The highest BCUT2D eigenvalue weighted by molar-refractivity contribution is 5.84. The van der Waals surface area contributed by atoms with Crippen molar-refractivity contribution in [2.75, 3.05) is 10.6 Å². The molecule has 1 fully saturated rings. The third kappa shape index (κ3) is 3.04. The third-order valence-electron chi connectivity index (χ3n) is 4.52. The minimum Gasteiger partial charge on any atom is -0.365 e. The number of fused-ring (bicyclic) bond motifs is 1. The van der Waals surface area contributed by atoms with E-state index in [0.29, 0.717) is 12.0 Å². The van der Waals surface area contributed by atoms with Crippen molar-refractivity contribution in [3.63, 3.8) is 0 Å². The van der Waals surface area contributed by atoms with Gasteiger partial charge < -0.3 is 15.6 Å². The maximum absolute atomic E-state index is 4.64. The van der Waals surface area contributed by atoms with Gasteiger partial charge in [0.15, 0.2) is 11.5 Å². The van der Waals surface area contributed by atoms with E-state index >= 15 is 0 Å². The summed E-state index contributed by atoms with van der Waals surface area (Å²) in [6.45, 7) is 2.31. The third-order valence-corrected chi connectivity index (χ3v) is 4.52. The van der Waals surface area contributed by atoms with E-state index in [0.717, 1.165) is 28.6 Å². The van der Waals surface area contributed by atoms with Crippen molar-refractivity contribution in [1.82, 2.24) is 29.7 Å². The Morgan fingerprint density at radius 1 is 1.29 bits per heavy atom. The molecule has 1 aliphatic carbocycles. The van der Waals surface area contributed by atoms with Gasteiger partial charge in [0.1, 0.15) is 5.52 Å². The van der Waals surface area contributed by atoms with Crippen molar-refractivity contribution in [2.45, 2.75) is 38.6 Å². The summed E-state index contributed by atoms with van der Waals surface area (Å²) in [7, 11) is 1.88. The van der Waals surface area contributed by atoms with Gasteiger partial charge in [0.2, 0.25) is 5.95 Å². The number of hydrogen-bond acceptors (Lipinski definition) is 6. The first-order chi connectivity index (χ1) is 11.7. The molecular formula is C16H22N8. The van der Waals surface area contributed by atoms with E-state index in [4.69, 9.17) is 0 Å². The molecule has 0 saturated heterocycles. The van der Waals surface area contributed by atoms with Crippen LogP contribution in [-0.4, -0.2) is 35.8 Å². The number of aromatic amines is 1. The summed E-state index contributed by atoms with van der Waals surface area (Å²) >= 11 is 0. The second kappa shape index (κ2) is 6.10. The van der Waals surface area contributed by atoms with Gasteiger partial charge in [-0.1, -0.05) is 19.8 Å². The SMILES string of the molecule is CC1CCCC(Nc2nc(Nc3cnn(C)c3)nc3[nH]cnc23)C1. The number of anilines is 3. The fourth-order valence-corrected chi connectivity index (χ4v) is 3.37. The number of aryl methyl sites for hydroxylation is 1. The van der Waals surface area contributed by atoms with Gasteiger partial charge >= 0.3 is 0 Å². The number of rotatable bonds is 4. The zero-order chi connectivity index (χ0) is 16.5. The van der Waals surface area contributed by atoms with Gasteiger partial charge in [0, 0.05) is 19.3 Å². The summed E-state index contributed by atoms with van der Waals surface area (Å²) in [5.74, 6) is 2.07. The fraction of sp³-hybridized carbons (Fsp3) is 0.500. The Kier molecular flexibility index (Phi) is 3.79. The lowest BCUT2D eigenvalue weighted by atomic mass is 9.87. The van der Waals surface area contributed by atoms with Gasteiger partial charge in [-0.15, -0.1) is 0 Å². The van der Waals surface area contributed by atoms with Crippen molar-refractivity contribution in [3.05, 3.63) is 18.7 Å². The highest BCUT2D eigenvalue weighted by atomic mass is 15.3. The molecule has 0 radical (unpaired) electrons. The van der Waals surface area contributed by atoms with E-state index < -0.39 is 0 Å². The normalized spacial score (nSPS) is 21.1.